The standard InChI is InChI=1S/C27H28ClN3O5/c28-20-5-6-21-22(16-31(24(21)15-20)17-25(32)29-11-13-34-14-12-29)26(33)30-9-7-27(8-10-30)23-4-2-1-3-19(23)18-35-36-27/h1-6,15-16H,7-14,17-18H2. The molecule has 0 atom stereocenters. The van der Waals surface area contributed by atoms with Gasteiger partial charge in [0.15, 0.2) is 0 Å². The number of amides is 2. The number of ether oxygens (including phenoxy) is 1. The molecule has 0 radical (unpaired) electrons. The summed E-state index contributed by atoms with van der Waals surface area (Å²) in [6, 6.07) is 13.6. The Morgan fingerprint density at radius 3 is 2.56 bits per heavy atom. The van der Waals surface area contributed by atoms with Gasteiger partial charge in [0, 0.05) is 55.6 Å². The quantitative estimate of drug-likeness (QED) is 0.503. The van der Waals surface area contributed by atoms with Crippen LogP contribution < -0.4 is 0 Å². The lowest BCUT2D eigenvalue weighted by atomic mass is 9.81. The van der Waals surface area contributed by atoms with Crippen LogP contribution in [0.2, 0.25) is 5.02 Å². The lowest BCUT2D eigenvalue weighted by molar-refractivity contribution is -0.391. The maximum atomic E-state index is 13.7. The molecule has 0 aliphatic carbocycles. The molecule has 3 aliphatic heterocycles. The number of morpholine rings is 1. The molecule has 3 aliphatic rings. The molecule has 1 spiro atoms. The second kappa shape index (κ2) is 9.52. The summed E-state index contributed by atoms with van der Waals surface area (Å²) in [4.78, 5) is 41.6. The predicted octanol–water partition coefficient (Wildman–Crippen LogP) is 3.75. The summed E-state index contributed by atoms with van der Waals surface area (Å²) in [6.07, 6.45) is 3.09. The highest BCUT2D eigenvalue weighted by Crippen LogP contribution is 2.42. The molecule has 2 fully saturated rings. The Balaban J connectivity index is 1.24. The topological polar surface area (TPSA) is 73.2 Å². The normalized spacial score (nSPS) is 19.5. The first kappa shape index (κ1) is 23.5. The predicted molar refractivity (Wildman–Crippen MR) is 133 cm³/mol. The second-order valence-corrected chi connectivity index (χ2v) is 10.1. The van der Waals surface area contributed by atoms with Crippen molar-refractivity contribution in [3.63, 3.8) is 0 Å². The SMILES string of the molecule is O=C(Cn1cc(C(=O)N2CCC3(CC2)OOCc2ccccc23)c2ccc(Cl)cc21)N1CCOCC1. The van der Waals surface area contributed by atoms with Crippen LogP contribution in [0.25, 0.3) is 10.9 Å². The van der Waals surface area contributed by atoms with Gasteiger partial charge in [0.05, 0.1) is 24.3 Å². The van der Waals surface area contributed by atoms with Gasteiger partial charge in [-0.25, -0.2) is 9.78 Å². The Bertz CT molecular complexity index is 1310. The number of likely N-dealkylation sites (tertiary alicyclic amines) is 1. The zero-order valence-corrected chi connectivity index (χ0v) is 20.7. The summed E-state index contributed by atoms with van der Waals surface area (Å²) < 4.78 is 7.20. The zero-order valence-electron chi connectivity index (χ0n) is 20.0. The number of piperidine rings is 1. The number of carbonyl (C=O) groups is 2. The highest BCUT2D eigenvalue weighted by Gasteiger charge is 2.43. The van der Waals surface area contributed by atoms with Crippen LogP contribution in [0.15, 0.2) is 48.7 Å². The largest absolute Gasteiger partial charge is 0.378 e. The maximum absolute atomic E-state index is 13.7. The molecule has 2 saturated heterocycles. The highest BCUT2D eigenvalue weighted by molar-refractivity contribution is 6.31. The van der Waals surface area contributed by atoms with E-state index in [2.05, 4.69) is 12.1 Å². The molecule has 9 heteroatoms. The first-order valence-electron chi connectivity index (χ1n) is 12.4. The lowest BCUT2D eigenvalue weighted by Gasteiger charge is -2.43. The molecule has 8 nitrogen and oxygen atoms in total. The summed E-state index contributed by atoms with van der Waals surface area (Å²) in [5.41, 5.74) is 3.11. The van der Waals surface area contributed by atoms with Gasteiger partial charge in [-0.05, 0) is 23.3 Å². The van der Waals surface area contributed by atoms with Crippen LogP contribution in [-0.4, -0.2) is 65.6 Å². The molecule has 4 heterocycles. The Labute approximate surface area is 214 Å². The average molecular weight is 510 g/mol. The molecule has 0 saturated carbocycles. The third-order valence-electron chi connectivity index (χ3n) is 7.54. The minimum atomic E-state index is -0.530. The van der Waals surface area contributed by atoms with Crippen LogP contribution in [0.5, 0.6) is 0 Å². The van der Waals surface area contributed by atoms with Crippen molar-refractivity contribution in [1.29, 1.82) is 0 Å². The van der Waals surface area contributed by atoms with Crippen LogP contribution in [0.3, 0.4) is 0 Å². The molecule has 0 N–H and O–H groups in total. The third-order valence-corrected chi connectivity index (χ3v) is 7.78. The van der Waals surface area contributed by atoms with Gasteiger partial charge >= 0.3 is 0 Å². The molecule has 0 bridgehead atoms. The number of aromatic nitrogens is 1. The van der Waals surface area contributed by atoms with E-state index in [0.29, 0.717) is 69.4 Å². The third kappa shape index (κ3) is 4.18. The lowest BCUT2D eigenvalue weighted by Crippen LogP contribution is -2.48. The summed E-state index contributed by atoms with van der Waals surface area (Å²) in [7, 11) is 0. The van der Waals surface area contributed by atoms with Gasteiger partial charge in [-0.15, -0.1) is 0 Å². The summed E-state index contributed by atoms with van der Waals surface area (Å²) in [6.45, 7) is 3.92. The number of benzene rings is 2. The van der Waals surface area contributed by atoms with E-state index in [9.17, 15) is 9.59 Å². The first-order valence-corrected chi connectivity index (χ1v) is 12.7. The molecule has 3 aromatic rings. The van der Waals surface area contributed by atoms with Crippen molar-refractivity contribution < 1.29 is 24.1 Å². The van der Waals surface area contributed by atoms with Crippen molar-refractivity contribution in [2.45, 2.75) is 31.6 Å². The van der Waals surface area contributed by atoms with Crippen LogP contribution in [0.4, 0.5) is 0 Å². The van der Waals surface area contributed by atoms with Gasteiger partial charge < -0.3 is 19.1 Å². The molecule has 1 aromatic heterocycles. The van der Waals surface area contributed by atoms with Crippen molar-refractivity contribution in [2.75, 3.05) is 39.4 Å². The number of carbonyl (C=O) groups excluding carboxylic acids is 2. The van der Waals surface area contributed by atoms with E-state index in [4.69, 9.17) is 26.1 Å². The Morgan fingerprint density at radius 1 is 0.972 bits per heavy atom. The van der Waals surface area contributed by atoms with Gasteiger partial charge in [-0.2, -0.15) is 0 Å². The van der Waals surface area contributed by atoms with E-state index in [-0.39, 0.29) is 18.4 Å². The number of rotatable bonds is 3. The molecule has 36 heavy (non-hydrogen) atoms. The molecule has 188 valence electrons. The summed E-state index contributed by atoms with van der Waals surface area (Å²) in [5, 5.41) is 1.36. The second-order valence-electron chi connectivity index (χ2n) is 9.61. The Kier molecular flexibility index (Phi) is 6.21. The van der Waals surface area contributed by atoms with Gasteiger partial charge in [0.2, 0.25) is 5.91 Å². The zero-order chi connectivity index (χ0) is 24.7. The van der Waals surface area contributed by atoms with Crippen molar-refractivity contribution in [2.24, 2.45) is 0 Å². The number of hydrogen-bond donors (Lipinski definition) is 0. The van der Waals surface area contributed by atoms with Gasteiger partial charge in [0.1, 0.15) is 18.8 Å². The highest BCUT2D eigenvalue weighted by atomic mass is 35.5. The van der Waals surface area contributed by atoms with Crippen molar-refractivity contribution in [3.8, 4) is 0 Å². The monoisotopic (exact) mass is 509 g/mol. The fourth-order valence-corrected chi connectivity index (χ4v) is 5.73. The van der Waals surface area contributed by atoms with Gasteiger partial charge in [-0.3, -0.25) is 9.59 Å². The number of nitrogens with zero attached hydrogens (tertiary/aromatic N) is 3. The summed E-state index contributed by atoms with van der Waals surface area (Å²) in [5.74, 6) is -0.0537. The molecule has 2 aromatic carbocycles. The fourth-order valence-electron chi connectivity index (χ4n) is 5.56. The Hall–Kier alpha value is -2.91. The van der Waals surface area contributed by atoms with E-state index < -0.39 is 5.60 Å². The number of hydrogen-bond acceptors (Lipinski definition) is 5. The molecular weight excluding hydrogens is 482 g/mol. The van der Waals surface area contributed by atoms with Gasteiger partial charge in [-0.1, -0.05) is 41.9 Å². The molecule has 6 rings (SSSR count). The van der Waals surface area contributed by atoms with Gasteiger partial charge in [0.25, 0.3) is 5.91 Å². The number of fused-ring (bicyclic) bond motifs is 3. The smallest absolute Gasteiger partial charge is 0.256 e. The number of halogens is 1. The van der Waals surface area contributed by atoms with E-state index in [1.165, 1.54) is 0 Å². The molecule has 2 amide bonds. The first-order chi connectivity index (χ1) is 17.5. The molecule has 0 unspecified atom stereocenters. The van der Waals surface area contributed by atoms with E-state index in [0.717, 1.165) is 22.0 Å². The van der Waals surface area contributed by atoms with Crippen LogP contribution in [0.1, 0.15) is 34.3 Å². The van der Waals surface area contributed by atoms with Crippen LogP contribution >= 0.6 is 11.6 Å². The fraction of sp³-hybridized carbons (Fsp3) is 0.407. The van der Waals surface area contributed by atoms with E-state index in [1.54, 1.807) is 17.2 Å². The van der Waals surface area contributed by atoms with Crippen LogP contribution in [-0.2, 0) is 38.1 Å². The minimum Gasteiger partial charge on any atom is -0.378 e. The van der Waals surface area contributed by atoms with E-state index in [1.807, 2.05) is 33.7 Å². The van der Waals surface area contributed by atoms with E-state index >= 15 is 0 Å². The molecular formula is C27H28ClN3O5. The minimum absolute atomic E-state index is 0.00204. The average Bonchev–Trinajstić information content (AvgIpc) is 3.26. The van der Waals surface area contributed by atoms with Crippen molar-refractivity contribution in [1.82, 2.24) is 14.4 Å². The maximum Gasteiger partial charge on any atom is 0.256 e. The van der Waals surface area contributed by atoms with Crippen molar-refractivity contribution in [3.05, 3.63) is 70.4 Å². The summed E-state index contributed by atoms with van der Waals surface area (Å²) >= 11 is 6.29. The van der Waals surface area contributed by atoms with Crippen LogP contribution in [0, 0.1) is 0 Å². The van der Waals surface area contributed by atoms with Crippen molar-refractivity contribution >= 4 is 34.3 Å². The Morgan fingerprint density at radius 2 is 1.75 bits per heavy atom.